The molecule has 0 aromatic carbocycles. The molecule has 1 rings (SSSR count). The molecule has 0 heterocycles. The number of nitrogens with zero attached hydrogens (tertiary/aromatic N) is 2. The highest BCUT2D eigenvalue weighted by Gasteiger charge is 2.23. The first-order chi connectivity index (χ1) is 8.69. The van der Waals surface area contributed by atoms with Crippen LogP contribution in [0.1, 0.15) is 52.4 Å². The molecular formula is C14H24N2O2. The lowest BCUT2D eigenvalue weighted by molar-refractivity contribution is -0.145. The SMILES string of the molecule is CCN(CC#N)C(=O)C(C)OC1CCCCCC1. The van der Waals surface area contributed by atoms with E-state index >= 15 is 0 Å². The summed E-state index contributed by atoms with van der Waals surface area (Å²) in [5.41, 5.74) is 0. The second kappa shape index (κ2) is 8.10. The van der Waals surface area contributed by atoms with Gasteiger partial charge in [-0.2, -0.15) is 5.26 Å². The molecule has 1 amide bonds. The molecule has 0 bridgehead atoms. The summed E-state index contributed by atoms with van der Waals surface area (Å²) in [5, 5.41) is 8.67. The summed E-state index contributed by atoms with van der Waals surface area (Å²) >= 11 is 0. The summed E-state index contributed by atoms with van der Waals surface area (Å²) in [4.78, 5) is 13.6. The third kappa shape index (κ3) is 4.66. The van der Waals surface area contributed by atoms with Gasteiger partial charge in [0.15, 0.2) is 0 Å². The van der Waals surface area contributed by atoms with E-state index in [9.17, 15) is 4.79 Å². The van der Waals surface area contributed by atoms with Gasteiger partial charge in [0.25, 0.3) is 5.91 Å². The van der Waals surface area contributed by atoms with E-state index in [2.05, 4.69) is 0 Å². The standard InChI is InChI=1S/C14H24N2O2/c1-3-16(11-10-15)14(17)12(2)18-13-8-6-4-5-7-9-13/h12-13H,3-9,11H2,1-2H3. The summed E-state index contributed by atoms with van der Waals surface area (Å²) in [7, 11) is 0. The second-order valence-electron chi connectivity index (χ2n) is 4.90. The molecular weight excluding hydrogens is 228 g/mol. The normalized spacial score (nSPS) is 18.7. The van der Waals surface area contributed by atoms with Gasteiger partial charge in [0, 0.05) is 6.54 Å². The molecule has 0 aromatic heterocycles. The summed E-state index contributed by atoms with van der Waals surface area (Å²) in [6, 6.07) is 2.02. The monoisotopic (exact) mass is 252 g/mol. The van der Waals surface area contributed by atoms with E-state index in [1.54, 1.807) is 11.8 Å². The summed E-state index contributed by atoms with van der Waals surface area (Å²) in [6.45, 7) is 4.39. The maximum atomic E-state index is 12.1. The van der Waals surface area contributed by atoms with Crippen molar-refractivity contribution in [3.8, 4) is 6.07 Å². The molecule has 4 heteroatoms. The van der Waals surface area contributed by atoms with E-state index in [-0.39, 0.29) is 18.6 Å². The van der Waals surface area contributed by atoms with Crippen LogP contribution in [0.4, 0.5) is 0 Å². The quantitative estimate of drug-likeness (QED) is 0.558. The van der Waals surface area contributed by atoms with Crippen LogP contribution in [-0.4, -0.2) is 36.1 Å². The number of rotatable bonds is 5. The highest BCUT2D eigenvalue weighted by atomic mass is 16.5. The number of carbonyl (C=O) groups excluding carboxylic acids is 1. The van der Waals surface area contributed by atoms with Crippen molar-refractivity contribution in [2.24, 2.45) is 0 Å². The van der Waals surface area contributed by atoms with E-state index in [1.807, 2.05) is 13.0 Å². The van der Waals surface area contributed by atoms with E-state index in [4.69, 9.17) is 10.00 Å². The number of amides is 1. The van der Waals surface area contributed by atoms with E-state index in [0.717, 1.165) is 12.8 Å². The highest BCUT2D eigenvalue weighted by molar-refractivity contribution is 5.80. The Labute approximate surface area is 110 Å². The van der Waals surface area contributed by atoms with Crippen molar-refractivity contribution in [1.82, 2.24) is 4.90 Å². The largest absolute Gasteiger partial charge is 0.365 e. The predicted molar refractivity (Wildman–Crippen MR) is 69.9 cm³/mol. The van der Waals surface area contributed by atoms with Crippen LogP contribution in [-0.2, 0) is 9.53 Å². The first-order valence-corrected chi connectivity index (χ1v) is 7.00. The first kappa shape index (κ1) is 15.0. The van der Waals surface area contributed by atoms with E-state index < -0.39 is 6.10 Å². The molecule has 1 fully saturated rings. The molecule has 0 N–H and O–H groups in total. The Kier molecular flexibility index (Phi) is 6.74. The lowest BCUT2D eigenvalue weighted by Crippen LogP contribution is -2.40. The molecule has 1 saturated carbocycles. The first-order valence-electron chi connectivity index (χ1n) is 7.00. The van der Waals surface area contributed by atoms with Gasteiger partial charge in [0.1, 0.15) is 12.6 Å². The summed E-state index contributed by atoms with van der Waals surface area (Å²) in [5.74, 6) is -0.0664. The van der Waals surface area contributed by atoms with Crippen molar-refractivity contribution in [1.29, 1.82) is 5.26 Å². The van der Waals surface area contributed by atoms with Crippen LogP contribution >= 0.6 is 0 Å². The Morgan fingerprint density at radius 2 is 2.00 bits per heavy atom. The molecule has 1 unspecified atom stereocenters. The molecule has 0 spiro atoms. The van der Waals surface area contributed by atoms with Crippen molar-refractivity contribution in [3.05, 3.63) is 0 Å². The lowest BCUT2D eigenvalue weighted by Gasteiger charge is -2.25. The molecule has 0 saturated heterocycles. The van der Waals surface area contributed by atoms with Crippen molar-refractivity contribution in [3.63, 3.8) is 0 Å². The molecule has 0 aromatic rings. The van der Waals surface area contributed by atoms with Crippen molar-refractivity contribution < 1.29 is 9.53 Å². The Morgan fingerprint density at radius 3 is 2.50 bits per heavy atom. The summed E-state index contributed by atoms with van der Waals surface area (Å²) < 4.78 is 5.86. The van der Waals surface area contributed by atoms with Gasteiger partial charge in [0.2, 0.25) is 0 Å². The van der Waals surface area contributed by atoms with Crippen LogP contribution < -0.4 is 0 Å². The zero-order valence-electron chi connectivity index (χ0n) is 11.5. The Bertz CT molecular complexity index is 291. The summed E-state index contributed by atoms with van der Waals surface area (Å²) in [6.07, 6.45) is 6.84. The maximum absolute atomic E-state index is 12.1. The molecule has 1 atom stereocenters. The van der Waals surface area contributed by atoms with Crippen LogP contribution in [0.3, 0.4) is 0 Å². The minimum atomic E-state index is -0.429. The third-order valence-corrected chi connectivity index (χ3v) is 3.50. The smallest absolute Gasteiger partial charge is 0.252 e. The fourth-order valence-corrected chi connectivity index (χ4v) is 2.41. The molecule has 18 heavy (non-hydrogen) atoms. The second-order valence-corrected chi connectivity index (χ2v) is 4.90. The van der Waals surface area contributed by atoms with Gasteiger partial charge in [-0.25, -0.2) is 0 Å². The third-order valence-electron chi connectivity index (χ3n) is 3.50. The number of carbonyl (C=O) groups is 1. The predicted octanol–water partition coefficient (Wildman–Crippen LogP) is 2.49. The number of likely N-dealkylation sites (N-methyl/N-ethyl adjacent to an activating group) is 1. The van der Waals surface area contributed by atoms with Crippen LogP contribution in [0.25, 0.3) is 0 Å². The fourth-order valence-electron chi connectivity index (χ4n) is 2.41. The average molecular weight is 252 g/mol. The van der Waals surface area contributed by atoms with Gasteiger partial charge in [-0.1, -0.05) is 25.7 Å². The minimum absolute atomic E-state index is 0.0664. The zero-order valence-corrected chi connectivity index (χ0v) is 11.5. The average Bonchev–Trinajstić information content (AvgIpc) is 2.63. The number of hydrogen-bond donors (Lipinski definition) is 0. The van der Waals surface area contributed by atoms with Gasteiger partial charge in [-0.05, 0) is 26.7 Å². The van der Waals surface area contributed by atoms with Crippen molar-refractivity contribution in [2.75, 3.05) is 13.1 Å². The molecule has 0 aliphatic heterocycles. The van der Waals surface area contributed by atoms with Gasteiger partial charge < -0.3 is 9.64 Å². The van der Waals surface area contributed by atoms with Gasteiger partial charge in [0.05, 0.1) is 12.2 Å². The molecule has 4 nitrogen and oxygen atoms in total. The van der Waals surface area contributed by atoms with Crippen LogP contribution in [0.5, 0.6) is 0 Å². The van der Waals surface area contributed by atoms with Gasteiger partial charge >= 0.3 is 0 Å². The topological polar surface area (TPSA) is 53.3 Å². The zero-order chi connectivity index (χ0) is 13.4. The minimum Gasteiger partial charge on any atom is -0.365 e. The fraction of sp³-hybridized carbons (Fsp3) is 0.857. The van der Waals surface area contributed by atoms with Gasteiger partial charge in [-0.3, -0.25) is 4.79 Å². The highest BCUT2D eigenvalue weighted by Crippen LogP contribution is 2.21. The Balaban J connectivity index is 2.44. The number of hydrogen-bond acceptors (Lipinski definition) is 3. The molecule has 102 valence electrons. The molecule has 1 aliphatic rings. The number of ether oxygens (including phenoxy) is 1. The van der Waals surface area contributed by atoms with Crippen LogP contribution in [0.15, 0.2) is 0 Å². The van der Waals surface area contributed by atoms with Crippen LogP contribution in [0, 0.1) is 11.3 Å². The van der Waals surface area contributed by atoms with Crippen molar-refractivity contribution >= 4 is 5.91 Å². The molecule has 1 aliphatic carbocycles. The molecule has 0 radical (unpaired) electrons. The lowest BCUT2D eigenvalue weighted by atomic mass is 10.1. The Morgan fingerprint density at radius 1 is 1.39 bits per heavy atom. The van der Waals surface area contributed by atoms with Crippen molar-refractivity contribution in [2.45, 2.75) is 64.6 Å². The van der Waals surface area contributed by atoms with E-state index in [0.29, 0.717) is 6.54 Å². The van der Waals surface area contributed by atoms with Gasteiger partial charge in [-0.15, -0.1) is 0 Å². The number of nitriles is 1. The Hall–Kier alpha value is -1.08. The maximum Gasteiger partial charge on any atom is 0.252 e. The van der Waals surface area contributed by atoms with Crippen LogP contribution in [0.2, 0.25) is 0 Å². The van der Waals surface area contributed by atoms with E-state index in [1.165, 1.54) is 25.7 Å².